The molecule has 14 heavy (non-hydrogen) atoms. The number of aliphatic carboxylic acids is 1. The van der Waals surface area contributed by atoms with Crippen LogP contribution < -0.4 is 5.32 Å². The number of nitrogens with one attached hydrogen (secondary N) is 1. The van der Waals surface area contributed by atoms with Crippen molar-refractivity contribution in [2.75, 3.05) is 0 Å². The zero-order valence-electron chi connectivity index (χ0n) is 6.97. The molecule has 0 rings (SSSR count). The Hall–Kier alpha value is -1.83. The second-order valence-corrected chi connectivity index (χ2v) is 2.34. The third-order valence-electron chi connectivity index (χ3n) is 1.33. The van der Waals surface area contributed by atoms with Gasteiger partial charge in [-0.1, -0.05) is 0 Å². The van der Waals surface area contributed by atoms with E-state index in [1.807, 2.05) is 0 Å². The monoisotopic (exact) mass is 207 g/mol. The van der Waals surface area contributed by atoms with Gasteiger partial charge in [-0.3, -0.25) is 0 Å². The molecule has 0 fully saturated rings. The second kappa shape index (κ2) is 5.75. The van der Waals surface area contributed by atoms with Crippen LogP contribution in [0.25, 0.3) is 0 Å². The van der Waals surface area contributed by atoms with Gasteiger partial charge < -0.3 is 20.4 Å². The van der Waals surface area contributed by atoms with Crippen LogP contribution in [0.1, 0.15) is 12.8 Å². The largest absolute Gasteiger partial charge is 0.480 e. The molecular weight excluding hydrogens is 198 g/mol. The smallest absolute Gasteiger partial charge is 0.405 e. The maximum Gasteiger partial charge on any atom is 0.405 e. The van der Waals surface area contributed by atoms with Gasteiger partial charge in [-0.15, -0.1) is 0 Å². The van der Waals surface area contributed by atoms with Crippen molar-refractivity contribution in [1.29, 1.82) is 0 Å². The summed E-state index contributed by atoms with van der Waals surface area (Å²) in [5.41, 5.74) is 0. The van der Waals surface area contributed by atoms with Crippen molar-refractivity contribution < 1.29 is 34.7 Å². The van der Waals surface area contributed by atoms with E-state index in [1.54, 1.807) is 5.32 Å². The van der Waals surface area contributed by atoms with Crippen LogP contribution in [0.4, 0.5) is 4.79 Å². The van der Waals surface area contributed by atoms with E-state index >= 15 is 0 Å². The summed E-state index contributed by atoms with van der Waals surface area (Å²) in [6, 6.07) is -1.40. The summed E-state index contributed by atoms with van der Waals surface area (Å²) in [6.07, 6.45) is -2.19. The predicted molar refractivity (Wildman–Crippen MR) is 40.5 cm³/mol. The molecule has 0 aromatic heterocycles. The van der Waals surface area contributed by atoms with Gasteiger partial charge in [-0.05, 0) is 6.42 Å². The van der Waals surface area contributed by atoms with E-state index in [-0.39, 0.29) is 6.42 Å². The first-order valence-corrected chi connectivity index (χ1v) is 3.54. The lowest BCUT2D eigenvalue weighted by atomic mass is 10.1. The van der Waals surface area contributed by atoms with Crippen LogP contribution in [-0.4, -0.2) is 39.5 Å². The minimum atomic E-state index is -1.50. The molecule has 0 unspecified atom stereocenters. The van der Waals surface area contributed by atoms with Crippen LogP contribution in [0, 0.1) is 0 Å². The average Bonchev–Trinajstić information content (AvgIpc) is 2.10. The first-order chi connectivity index (χ1) is 6.47. The normalized spacial score (nSPS) is 11.5. The SMILES string of the molecule is O=C(O)N[C@@H](CCC(=O)OO)C(=O)O. The summed E-state index contributed by atoms with van der Waals surface area (Å²) in [6.45, 7) is 0. The molecule has 0 bridgehead atoms. The van der Waals surface area contributed by atoms with Crippen molar-refractivity contribution >= 4 is 18.0 Å². The van der Waals surface area contributed by atoms with Gasteiger partial charge in [-0.25, -0.2) is 14.4 Å². The summed E-state index contributed by atoms with van der Waals surface area (Å²) >= 11 is 0. The quantitative estimate of drug-likeness (QED) is 0.352. The number of hydrogen-bond acceptors (Lipinski definition) is 5. The third-order valence-corrected chi connectivity index (χ3v) is 1.33. The van der Waals surface area contributed by atoms with Crippen molar-refractivity contribution in [3.8, 4) is 0 Å². The number of carbonyl (C=O) groups is 3. The Bertz CT molecular complexity index is 238. The number of carboxylic acid groups (broad SMARTS) is 2. The molecule has 0 spiro atoms. The number of carboxylic acids is 1. The topological polar surface area (TPSA) is 133 Å². The third kappa shape index (κ3) is 4.93. The summed E-state index contributed by atoms with van der Waals surface area (Å²) < 4.78 is 0. The van der Waals surface area contributed by atoms with Crippen molar-refractivity contribution in [2.24, 2.45) is 0 Å². The Balaban J connectivity index is 4.04. The molecule has 0 saturated heterocycles. The highest BCUT2D eigenvalue weighted by molar-refractivity contribution is 5.80. The van der Waals surface area contributed by atoms with Gasteiger partial charge in [-0.2, -0.15) is 5.26 Å². The highest BCUT2D eigenvalue weighted by atomic mass is 17.1. The molecule has 0 heterocycles. The molecule has 1 amide bonds. The van der Waals surface area contributed by atoms with E-state index in [9.17, 15) is 14.4 Å². The standard InChI is InChI=1S/C6H9NO7/c8-4(14-13)2-1-3(5(9)10)7-6(11)12/h3,7,13H,1-2H2,(H,9,10)(H,11,12)/t3-/m0/s1. The minimum absolute atomic E-state index is 0.291. The molecule has 8 nitrogen and oxygen atoms in total. The molecule has 0 aromatic carbocycles. The second-order valence-electron chi connectivity index (χ2n) is 2.34. The minimum Gasteiger partial charge on any atom is -0.480 e. The van der Waals surface area contributed by atoms with Crippen molar-refractivity contribution in [2.45, 2.75) is 18.9 Å². The van der Waals surface area contributed by atoms with Gasteiger partial charge >= 0.3 is 18.0 Å². The maximum absolute atomic E-state index is 10.4. The van der Waals surface area contributed by atoms with E-state index < -0.39 is 30.5 Å². The van der Waals surface area contributed by atoms with Crippen LogP contribution >= 0.6 is 0 Å². The molecule has 0 aliphatic rings. The molecule has 0 saturated carbocycles. The van der Waals surface area contributed by atoms with Crippen LogP contribution in [0.15, 0.2) is 0 Å². The van der Waals surface area contributed by atoms with Crippen LogP contribution in [0.3, 0.4) is 0 Å². The molecular formula is C6H9NO7. The number of carbonyl (C=O) groups excluding carboxylic acids is 1. The summed E-state index contributed by atoms with van der Waals surface area (Å²) in [4.78, 5) is 34.1. The summed E-state index contributed by atoms with van der Waals surface area (Å²) in [5, 5.41) is 26.2. The first kappa shape index (κ1) is 12.2. The average molecular weight is 207 g/mol. The molecule has 1 atom stereocenters. The number of amides is 1. The lowest BCUT2D eigenvalue weighted by Crippen LogP contribution is -2.40. The van der Waals surface area contributed by atoms with Gasteiger partial charge in [0.1, 0.15) is 6.04 Å². The highest BCUT2D eigenvalue weighted by Crippen LogP contribution is 1.99. The first-order valence-electron chi connectivity index (χ1n) is 3.54. The fourth-order valence-corrected chi connectivity index (χ4v) is 0.714. The summed E-state index contributed by atoms with van der Waals surface area (Å²) in [5.74, 6) is -2.43. The maximum atomic E-state index is 10.4. The van der Waals surface area contributed by atoms with Gasteiger partial charge in [0, 0.05) is 0 Å². The zero-order valence-corrected chi connectivity index (χ0v) is 6.97. The van der Waals surface area contributed by atoms with Gasteiger partial charge in [0.2, 0.25) is 0 Å². The van der Waals surface area contributed by atoms with E-state index in [1.165, 1.54) is 0 Å². The van der Waals surface area contributed by atoms with E-state index in [2.05, 4.69) is 4.89 Å². The predicted octanol–water partition coefficient (Wildman–Crippen LogP) is -0.496. The fraction of sp³-hybridized carbons (Fsp3) is 0.500. The Labute approximate surface area is 78.0 Å². The molecule has 0 aliphatic carbocycles. The van der Waals surface area contributed by atoms with Crippen LogP contribution in [-0.2, 0) is 14.5 Å². The van der Waals surface area contributed by atoms with Gasteiger partial charge in [0.05, 0.1) is 6.42 Å². The van der Waals surface area contributed by atoms with Crippen molar-refractivity contribution in [3.05, 3.63) is 0 Å². The van der Waals surface area contributed by atoms with Crippen molar-refractivity contribution in [1.82, 2.24) is 5.32 Å². The molecule has 4 N–H and O–H groups in total. The van der Waals surface area contributed by atoms with Gasteiger partial charge in [0.25, 0.3) is 0 Å². The van der Waals surface area contributed by atoms with Crippen LogP contribution in [0.5, 0.6) is 0 Å². The Morgan fingerprint density at radius 2 is 1.86 bits per heavy atom. The zero-order chi connectivity index (χ0) is 11.1. The molecule has 0 aliphatic heterocycles. The lowest BCUT2D eigenvalue weighted by Gasteiger charge is -2.10. The Morgan fingerprint density at radius 1 is 1.29 bits per heavy atom. The summed E-state index contributed by atoms with van der Waals surface area (Å²) in [7, 11) is 0. The molecule has 0 radical (unpaired) electrons. The number of rotatable bonds is 5. The lowest BCUT2D eigenvalue weighted by molar-refractivity contribution is -0.234. The van der Waals surface area contributed by atoms with Crippen molar-refractivity contribution in [3.63, 3.8) is 0 Å². The van der Waals surface area contributed by atoms with E-state index in [4.69, 9.17) is 15.5 Å². The van der Waals surface area contributed by atoms with E-state index in [0.29, 0.717) is 0 Å². The highest BCUT2D eigenvalue weighted by Gasteiger charge is 2.20. The van der Waals surface area contributed by atoms with E-state index in [0.717, 1.165) is 0 Å². The molecule has 0 aromatic rings. The number of hydrogen-bond donors (Lipinski definition) is 4. The Morgan fingerprint density at radius 3 is 2.21 bits per heavy atom. The molecule has 8 heteroatoms. The fourth-order valence-electron chi connectivity index (χ4n) is 0.714. The van der Waals surface area contributed by atoms with Crippen LogP contribution in [0.2, 0.25) is 0 Å². The Kier molecular flexibility index (Phi) is 5.00. The molecule has 80 valence electrons. The van der Waals surface area contributed by atoms with Gasteiger partial charge in [0.15, 0.2) is 0 Å².